The van der Waals surface area contributed by atoms with Crippen molar-refractivity contribution in [3.8, 4) is 0 Å². The van der Waals surface area contributed by atoms with Crippen LogP contribution in [0.5, 0.6) is 0 Å². The number of aliphatic hydroxyl groups excluding tert-OH is 1. The number of fused-ring (bicyclic) bond motifs is 5. The Hall–Kier alpha value is -1.62. The van der Waals surface area contributed by atoms with Crippen LogP contribution in [0.3, 0.4) is 0 Å². The van der Waals surface area contributed by atoms with Gasteiger partial charge in [0.25, 0.3) is 6.29 Å². The van der Waals surface area contributed by atoms with Gasteiger partial charge in [0.15, 0.2) is 17.1 Å². The van der Waals surface area contributed by atoms with Crippen LogP contribution in [0, 0.1) is 28.6 Å². The van der Waals surface area contributed by atoms with E-state index in [0.29, 0.717) is 0 Å². The van der Waals surface area contributed by atoms with Crippen molar-refractivity contribution in [2.75, 3.05) is 13.2 Å². The third-order valence-electron chi connectivity index (χ3n) is 9.56. The first kappa shape index (κ1) is 25.0. The third kappa shape index (κ3) is 3.03. The van der Waals surface area contributed by atoms with Gasteiger partial charge in [-0.2, -0.15) is 0 Å². The molecule has 4 fully saturated rings. The number of carbonyl (C=O) groups is 3. The van der Waals surface area contributed by atoms with Gasteiger partial charge >= 0.3 is 5.97 Å². The Bertz CT molecular complexity index is 1040. The Morgan fingerprint density at radius 1 is 1.20 bits per heavy atom. The highest BCUT2D eigenvalue weighted by Crippen LogP contribution is 2.71. The van der Waals surface area contributed by atoms with Crippen molar-refractivity contribution in [2.45, 2.75) is 69.9 Å². The van der Waals surface area contributed by atoms with Gasteiger partial charge in [-0.25, -0.2) is 13.6 Å². The van der Waals surface area contributed by atoms with E-state index in [4.69, 9.17) is 14.2 Å². The highest BCUT2D eigenvalue weighted by atomic mass is 32.1. The van der Waals surface area contributed by atoms with Crippen molar-refractivity contribution >= 4 is 29.5 Å². The molecule has 0 radical (unpaired) electrons. The van der Waals surface area contributed by atoms with Crippen LogP contribution in [-0.2, 0) is 28.6 Å². The SMILES string of the molecule is CC1C[C@H]2[C@@H]3CC(F)C4=CC(=O)C=C[C@]4(C)C3(F)C(O)C[C@]2(C)C1(OC(=O)C1OCCO1)C(=O)S. The topological polar surface area (TPSA) is 99.1 Å². The standard InChI is InChI=1S/C25H30F2O7S/c1-12-8-14-15-10-17(26)16-9-13(28)4-5-22(16,2)24(15,27)18(29)11-23(14,3)25(12,21(31)35)34-19(30)20-32-6-7-33-20/h4-5,9,12,14-15,17-18,20,29H,6-8,10-11H2,1-3H3,(H,31,35)/t12?,14-,15-,17?,18?,22-,23-,24?,25?/m0/s1. The fourth-order valence-corrected chi connectivity index (χ4v) is 8.46. The van der Waals surface area contributed by atoms with Crippen molar-refractivity contribution in [3.05, 3.63) is 23.8 Å². The summed E-state index contributed by atoms with van der Waals surface area (Å²) in [5.41, 5.74) is -6.83. The number of hydrogen-bond acceptors (Lipinski definition) is 7. The van der Waals surface area contributed by atoms with Gasteiger partial charge in [0.05, 0.1) is 19.3 Å². The van der Waals surface area contributed by atoms with Crippen molar-refractivity contribution in [1.29, 1.82) is 0 Å². The number of ketones is 1. The number of alkyl halides is 2. The van der Waals surface area contributed by atoms with Crippen LogP contribution in [0.4, 0.5) is 8.78 Å². The van der Waals surface area contributed by atoms with Crippen molar-refractivity contribution in [3.63, 3.8) is 0 Å². The van der Waals surface area contributed by atoms with E-state index in [9.17, 15) is 19.5 Å². The van der Waals surface area contributed by atoms with Crippen LogP contribution < -0.4 is 0 Å². The molecule has 0 spiro atoms. The summed E-state index contributed by atoms with van der Waals surface area (Å²) in [4.78, 5) is 38.0. The first-order valence-electron chi connectivity index (χ1n) is 12.0. The molecular formula is C25H30F2O7S. The average molecular weight is 513 g/mol. The van der Waals surface area contributed by atoms with Gasteiger partial charge in [-0.15, -0.1) is 12.6 Å². The third-order valence-corrected chi connectivity index (χ3v) is 9.89. The molecule has 3 saturated carbocycles. The Labute approximate surface area is 207 Å². The lowest BCUT2D eigenvalue weighted by Gasteiger charge is -2.63. The predicted octanol–water partition coefficient (Wildman–Crippen LogP) is 2.66. The molecule has 0 aromatic rings. The van der Waals surface area contributed by atoms with Gasteiger partial charge in [0, 0.05) is 22.7 Å². The lowest BCUT2D eigenvalue weighted by atomic mass is 9.44. The smallest absolute Gasteiger partial charge is 0.364 e. The normalized spacial score (nSPS) is 49.2. The van der Waals surface area contributed by atoms with E-state index in [2.05, 4.69) is 12.6 Å². The molecule has 5 unspecified atom stereocenters. The van der Waals surface area contributed by atoms with E-state index in [-0.39, 0.29) is 38.0 Å². The van der Waals surface area contributed by atoms with Crippen LogP contribution in [-0.4, -0.2) is 65.0 Å². The van der Waals surface area contributed by atoms with Gasteiger partial charge in [0.1, 0.15) is 6.17 Å². The number of esters is 1. The van der Waals surface area contributed by atoms with E-state index in [0.717, 1.165) is 6.08 Å². The Morgan fingerprint density at radius 2 is 1.86 bits per heavy atom. The second-order valence-corrected chi connectivity index (χ2v) is 11.4. The maximum Gasteiger partial charge on any atom is 0.364 e. The molecule has 10 heteroatoms. The summed E-state index contributed by atoms with van der Waals surface area (Å²) in [6.45, 7) is 5.31. The van der Waals surface area contributed by atoms with E-state index in [1.807, 2.05) is 0 Å². The lowest BCUT2D eigenvalue weighted by molar-refractivity contribution is -0.235. The molecule has 7 nitrogen and oxygen atoms in total. The van der Waals surface area contributed by atoms with Crippen LogP contribution in [0.1, 0.15) is 40.0 Å². The molecule has 5 aliphatic rings. The van der Waals surface area contributed by atoms with Gasteiger partial charge < -0.3 is 19.3 Å². The number of ether oxygens (including phenoxy) is 3. The molecule has 4 aliphatic carbocycles. The minimum atomic E-state index is -2.29. The van der Waals surface area contributed by atoms with Gasteiger partial charge in [-0.05, 0) is 49.8 Å². The second-order valence-electron chi connectivity index (χ2n) is 11.0. The number of rotatable bonds is 3. The minimum Gasteiger partial charge on any atom is -0.445 e. The number of thiol groups is 1. The zero-order chi connectivity index (χ0) is 25.6. The summed E-state index contributed by atoms with van der Waals surface area (Å²) in [6, 6.07) is 0. The van der Waals surface area contributed by atoms with E-state index < -0.39 is 75.3 Å². The molecule has 0 aromatic carbocycles. The van der Waals surface area contributed by atoms with E-state index in [1.54, 1.807) is 13.8 Å². The van der Waals surface area contributed by atoms with Crippen LogP contribution >= 0.6 is 12.6 Å². The Morgan fingerprint density at radius 3 is 2.49 bits per heavy atom. The number of allylic oxidation sites excluding steroid dienone is 4. The van der Waals surface area contributed by atoms with E-state index >= 15 is 8.78 Å². The maximum atomic E-state index is 17.3. The molecule has 0 bridgehead atoms. The fraction of sp³-hybridized carbons (Fsp3) is 0.720. The van der Waals surface area contributed by atoms with Gasteiger partial charge in [-0.3, -0.25) is 9.59 Å². The Kier molecular flexibility index (Phi) is 5.68. The average Bonchev–Trinajstić information content (AvgIpc) is 3.39. The number of carbonyl (C=O) groups excluding carboxylic acids is 3. The van der Waals surface area contributed by atoms with Crippen LogP contribution in [0.2, 0.25) is 0 Å². The Balaban J connectivity index is 1.60. The first-order chi connectivity index (χ1) is 16.3. The molecule has 1 saturated heterocycles. The quantitative estimate of drug-likeness (QED) is 0.443. The summed E-state index contributed by atoms with van der Waals surface area (Å²) < 4.78 is 49.1. The number of hydrogen-bond donors (Lipinski definition) is 2. The summed E-state index contributed by atoms with van der Waals surface area (Å²) in [6.07, 6.45) is -1.03. The molecule has 9 atom stereocenters. The van der Waals surface area contributed by atoms with Crippen molar-refractivity contribution in [2.24, 2.45) is 28.6 Å². The number of halogens is 2. The highest BCUT2D eigenvalue weighted by Gasteiger charge is 2.78. The lowest BCUT2D eigenvalue weighted by Crippen LogP contribution is -2.70. The molecule has 1 aliphatic heterocycles. The molecule has 5 rings (SSSR count). The summed E-state index contributed by atoms with van der Waals surface area (Å²) in [7, 11) is 0. The van der Waals surface area contributed by atoms with Crippen LogP contribution in [0.25, 0.3) is 0 Å². The molecule has 1 heterocycles. The fourth-order valence-electron chi connectivity index (χ4n) is 7.94. The molecule has 192 valence electrons. The highest BCUT2D eigenvalue weighted by molar-refractivity contribution is 7.96. The second kappa shape index (κ2) is 7.94. The molecule has 35 heavy (non-hydrogen) atoms. The monoisotopic (exact) mass is 512 g/mol. The van der Waals surface area contributed by atoms with Crippen LogP contribution in [0.15, 0.2) is 23.8 Å². The van der Waals surface area contributed by atoms with Gasteiger partial charge in [-0.1, -0.05) is 19.9 Å². The molecule has 0 aromatic heterocycles. The summed E-state index contributed by atoms with van der Waals surface area (Å²) in [5, 5.41) is 10.7. The molecule has 0 amide bonds. The molecular weight excluding hydrogens is 482 g/mol. The summed E-state index contributed by atoms with van der Waals surface area (Å²) >= 11 is 4.11. The first-order valence-corrected chi connectivity index (χ1v) is 12.4. The van der Waals surface area contributed by atoms with Crippen molar-refractivity contribution in [1.82, 2.24) is 0 Å². The maximum absolute atomic E-state index is 17.3. The summed E-state index contributed by atoms with van der Waals surface area (Å²) in [5.74, 6) is -3.50. The molecule has 1 N–H and O–H groups in total. The van der Waals surface area contributed by atoms with E-state index in [1.165, 1.54) is 19.1 Å². The van der Waals surface area contributed by atoms with Crippen molar-refractivity contribution < 1.29 is 42.5 Å². The number of aliphatic hydroxyl groups is 1. The minimum absolute atomic E-state index is 0.0240. The predicted molar refractivity (Wildman–Crippen MR) is 122 cm³/mol. The zero-order valence-corrected chi connectivity index (χ0v) is 20.7. The largest absolute Gasteiger partial charge is 0.445 e. The zero-order valence-electron chi connectivity index (χ0n) is 19.8. The van der Waals surface area contributed by atoms with Gasteiger partial charge in [0.2, 0.25) is 5.12 Å².